The molecule has 7 nitrogen and oxygen atoms in total. The maximum absolute atomic E-state index is 14.1. The third-order valence-corrected chi connectivity index (χ3v) is 6.92. The number of ketones is 1. The number of benzene rings is 2. The van der Waals surface area contributed by atoms with Crippen LogP contribution in [0, 0.1) is 5.82 Å². The number of hydrogen-bond acceptors (Lipinski definition) is 7. The first-order valence-electron chi connectivity index (χ1n) is 10.4. The van der Waals surface area contributed by atoms with E-state index in [1.165, 1.54) is 18.2 Å². The quantitative estimate of drug-likeness (QED) is 0.429. The minimum Gasteiger partial charge on any atom is -0.382 e. The van der Waals surface area contributed by atoms with Crippen molar-refractivity contribution in [1.82, 2.24) is 15.2 Å². The van der Waals surface area contributed by atoms with Gasteiger partial charge in [-0.3, -0.25) is 9.59 Å². The van der Waals surface area contributed by atoms with Crippen molar-refractivity contribution in [3.8, 4) is 0 Å². The highest BCUT2D eigenvalue weighted by Gasteiger charge is 2.24. The molecule has 33 heavy (non-hydrogen) atoms. The molecule has 1 atom stereocenters. The van der Waals surface area contributed by atoms with Crippen LogP contribution in [-0.4, -0.2) is 47.8 Å². The van der Waals surface area contributed by atoms with Gasteiger partial charge in [0.2, 0.25) is 5.78 Å². The maximum Gasteiger partial charge on any atom is 0.251 e. The predicted octanol–water partition coefficient (Wildman–Crippen LogP) is 4.32. The van der Waals surface area contributed by atoms with E-state index in [4.69, 9.17) is 17.3 Å². The monoisotopic (exact) mass is 487 g/mol. The van der Waals surface area contributed by atoms with Gasteiger partial charge in [0, 0.05) is 23.8 Å². The average Bonchev–Trinajstić information content (AvgIpc) is 3.37. The molecule has 1 aliphatic rings. The highest BCUT2D eigenvalue weighted by atomic mass is 35.5. The van der Waals surface area contributed by atoms with E-state index in [-0.39, 0.29) is 27.2 Å². The Morgan fingerprint density at radius 1 is 1.27 bits per heavy atom. The molecule has 4 N–H and O–H groups in total. The van der Waals surface area contributed by atoms with Crippen molar-refractivity contribution < 1.29 is 14.0 Å². The zero-order valence-corrected chi connectivity index (χ0v) is 19.5. The van der Waals surface area contributed by atoms with Crippen LogP contribution >= 0.6 is 22.9 Å². The summed E-state index contributed by atoms with van der Waals surface area (Å²) in [6.45, 7) is 1.68. The third-order valence-electron chi connectivity index (χ3n) is 5.62. The Labute approximate surface area is 199 Å². The highest BCUT2D eigenvalue weighted by molar-refractivity contribution is 7.18. The van der Waals surface area contributed by atoms with E-state index in [1.807, 2.05) is 0 Å². The van der Waals surface area contributed by atoms with Gasteiger partial charge < -0.3 is 21.3 Å². The number of rotatable bonds is 7. The number of nitrogens with two attached hydrogens (primary N) is 1. The molecule has 2 heterocycles. The lowest BCUT2D eigenvalue weighted by Gasteiger charge is -2.19. The molecule has 0 spiro atoms. The van der Waals surface area contributed by atoms with Gasteiger partial charge >= 0.3 is 0 Å². The summed E-state index contributed by atoms with van der Waals surface area (Å²) in [5.41, 5.74) is 6.88. The Balaban J connectivity index is 1.41. The van der Waals surface area contributed by atoms with Crippen LogP contribution in [0.5, 0.6) is 0 Å². The molecule has 1 amide bonds. The average molecular weight is 488 g/mol. The van der Waals surface area contributed by atoms with Gasteiger partial charge in [0.25, 0.3) is 5.91 Å². The molecular weight excluding hydrogens is 465 g/mol. The van der Waals surface area contributed by atoms with Crippen molar-refractivity contribution in [1.29, 1.82) is 0 Å². The largest absolute Gasteiger partial charge is 0.382 e. The number of halogens is 2. The molecule has 1 aliphatic heterocycles. The van der Waals surface area contributed by atoms with Crippen molar-refractivity contribution in [3.05, 3.63) is 69.3 Å². The molecule has 2 aromatic carbocycles. The van der Waals surface area contributed by atoms with Crippen molar-refractivity contribution in [2.75, 3.05) is 31.2 Å². The number of likely N-dealkylation sites (N-methyl/N-ethyl adjacent to an activating group) is 1. The molecule has 4 rings (SSSR count). The summed E-state index contributed by atoms with van der Waals surface area (Å²) in [4.78, 5) is 31.7. The molecular formula is C23H23ClFN5O2S. The normalized spacial score (nSPS) is 16.0. The van der Waals surface area contributed by atoms with Crippen LogP contribution in [0.1, 0.15) is 38.4 Å². The van der Waals surface area contributed by atoms with E-state index in [1.54, 1.807) is 24.3 Å². The Morgan fingerprint density at radius 3 is 2.70 bits per heavy atom. The topological polar surface area (TPSA) is 100 Å². The van der Waals surface area contributed by atoms with Crippen LogP contribution < -0.4 is 16.4 Å². The SMILES string of the molecule is CN1CCC[C@H]1CNC(=O)c1ccc(Nc2nc(N)c(C(=O)c3c(F)cccc3Cl)s2)cc1. The van der Waals surface area contributed by atoms with Crippen molar-refractivity contribution in [2.45, 2.75) is 18.9 Å². The lowest BCUT2D eigenvalue weighted by atomic mass is 10.1. The van der Waals surface area contributed by atoms with Gasteiger partial charge in [-0.1, -0.05) is 29.0 Å². The second-order valence-electron chi connectivity index (χ2n) is 7.85. The number of anilines is 3. The van der Waals surface area contributed by atoms with Crippen LogP contribution in [0.2, 0.25) is 5.02 Å². The molecule has 1 fully saturated rings. The van der Waals surface area contributed by atoms with E-state index < -0.39 is 11.6 Å². The summed E-state index contributed by atoms with van der Waals surface area (Å²) >= 11 is 7.00. The summed E-state index contributed by atoms with van der Waals surface area (Å²) in [6, 6.07) is 11.3. The van der Waals surface area contributed by atoms with Crippen LogP contribution in [0.3, 0.4) is 0 Å². The van der Waals surface area contributed by atoms with Crippen LogP contribution in [0.4, 0.5) is 21.0 Å². The molecule has 0 bridgehead atoms. The second kappa shape index (κ2) is 9.86. The first-order valence-corrected chi connectivity index (χ1v) is 11.6. The number of nitrogens with one attached hydrogen (secondary N) is 2. The summed E-state index contributed by atoms with van der Waals surface area (Å²) in [5.74, 6) is -1.49. The Bertz CT molecular complexity index is 1160. The molecule has 10 heteroatoms. The van der Waals surface area contributed by atoms with Gasteiger partial charge in [-0.15, -0.1) is 0 Å². The minimum absolute atomic E-state index is 0.00995. The highest BCUT2D eigenvalue weighted by Crippen LogP contribution is 2.32. The van der Waals surface area contributed by atoms with Crippen LogP contribution in [-0.2, 0) is 0 Å². The van der Waals surface area contributed by atoms with Crippen molar-refractivity contribution in [3.63, 3.8) is 0 Å². The lowest BCUT2D eigenvalue weighted by molar-refractivity contribution is 0.0943. The van der Waals surface area contributed by atoms with Crippen LogP contribution in [0.25, 0.3) is 0 Å². The van der Waals surface area contributed by atoms with Gasteiger partial charge in [0.1, 0.15) is 16.5 Å². The number of amides is 1. The Hall–Kier alpha value is -3.01. The number of aromatic nitrogens is 1. The number of likely N-dealkylation sites (tertiary alicyclic amines) is 1. The predicted molar refractivity (Wildman–Crippen MR) is 129 cm³/mol. The van der Waals surface area contributed by atoms with Crippen molar-refractivity contribution >= 4 is 51.3 Å². The fraction of sp³-hybridized carbons (Fsp3) is 0.261. The van der Waals surface area contributed by atoms with E-state index in [0.29, 0.717) is 29.0 Å². The molecule has 1 aromatic heterocycles. The number of carbonyl (C=O) groups is 2. The number of nitrogen functional groups attached to an aromatic ring is 1. The van der Waals surface area contributed by atoms with Gasteiger partial charge in [0.05, 0.1) is 10.6 Å². The number of thiazole rings is 1. The van der Waals surface area contributed by atoms with Gasteiger partial charge in [-0.25, -0.2) is 9.37 Å². The first-order chi connectivity index (χ1) is 15.8. The van der Waals surface area contributed by atoms with Gasteiger partial charge in [0.15, 0.2) is 5.13 Å². The second-order valence-corrected chi connectivity index (χ2v) is 9.25. The zero-order chi connectivity index (χ0) is 23.5. The smallest absolute Gasteiger partial charge is 0.251 e. The number of carbonyl (C=O) groups excluding carboxylic acids is 2. The molecule has 0 unspecified atom stereocenters. The number of nitrogens with zero attached hydrogens (tertiary/aromatic N) is 2. The Kier molecular flexibility index (Phi) is 6.92. The molecule has 1 saturated heterocycles. The summed E-state index contributed by atoms with van der Waals surface area (Å²) in [5, 5.41) is 6.42. The van der Waals surface area contributed by atoms with Gasteiger partial charge in [-0.2, -0.15) is 0 Å². The lowest BCUT2D eigenvalue weighted by Crippen LogP contribution is -2.38. The summed E-state index contributed by atoms with van der Waals surface area (Å²) in [6.07, 6.45) is 2.24. The molecule has 0 saturated carbocycles. The minimum atomic E-state index is -0.719. The Morgan fingerprint density at radius 2 is 2.03 bits per heavy atom. The molecule has 0 radical (unpaired) electrons. The van der Waals surface area contributed by atoms with E-state index in [2.05, 4.69) is 27.6 Å². The summed E-state index contributed by atoms with van der Waals surface area (Å²) in [7, 11) is 2.07. The standard InChI is InChI=1S/C23H23ClFN5O2S/c1-30-11-3-4-15(30)12-27-22(32)13-7-9-14(10-8-13)28-23-29-21(26)20(33-23)19(31)18-16(24)5-2-6-17(18)25/h2,5-10,15H,3-4,11-12,26H2,1H3,(H,27,32)(H,28,29)/t15-/m0/s1. The van der Waals surface area contributed by atoms with E-state index in [9.17, 15) is 14.0 Å². The molecule has 172 valence electrons. The fourth-order valence-corrected chi connectivity index (χ4v) is 4.85. The maximum atomic E-state index is 14.1. The van der Waals surface area contributed by atoms with Crippen molar-refractivity contribution in [2.24, 2.45) is 0 Å². The molecule has 0 aliphatic carbocycles. The van der Waals surface area contributed by atoms with E-state index in [0.717, 1.165) is 30.7 Å². The number of hydrogen-bond donors (Lipinski definition) is 3. The third kappa shape index (κ3) is 5.16. The molecule has 3 aromatic rings. The fourth-order valence-electron chi connectivity index (χ4n) is 3.75. The van der Waals surface area contributed by atoms with E-state index >= 15 is 0 Å². The summed E-state index contributed by atoms with van der Waals surface area (Å²) < 4.78 is 14.1. The zero-order valence-electron chi connectivity index (χ0n) is 17.9. The van der Waals surface area contributed by atoms with Gasteiger partial charge in [-0.05, 0) is 62.8 Å². The first kappa shape index (κ1) is 23.2. The van der Waals surface area contributed by atoms with Crippen LogP contribution in [0.15, 0.2) is 42.5 Å².